The molecule has 1 aliphatic rings. The van der Waals surface area contributed by atoms with Gasteiger partial charge in [-0.3, -0.25) is 9.59 Å². The third-order valence-corrected chi connectivity index (χ3v) is 4.54. The summed E-state index contributed by atoms with van der Waals surface area (Å²) < 4.78 is 0. The van der Waals surface area contributed by atoms with Crippen molar-refractivity contribution < 1.29 is 19.5 Å². The van der Waals surface area contributed by atoms with Gasteiger partial charge in [0.1, 0.15) is 0 Å². The smallest absolute Gasteiger partial charge is 0.330 e. The predicted octanol–water partition coefficient (Wildman–Crippen LogP) is 2.40. The maximum absolute atomic E-state index is 12.2. The van der Waals surface area contributed by atoms with Crippen molar-refractivity contribution in [3.8, 4) is 0 Å². The zero-order valence-electron chi connectivity index (χ0n) is 14.5. The molecule has 2 atom stereocenters. The van der Waals surface area contributed by atoms with Gasteiger partial charge in [-0.25, -0.2) is 4.79 Å². The highest BCUT2D eigenvalue weighted by atomic mass is 16.4. The molecular formula is C19H26N2O4. The molecule has 3 N–H and O–H groups in total. The van der Waals surface area contributed by atoms with Crippen LogP contribution in [-0.2, 0) is 14.4 Å². The van der Waals surface area contributed by atoms with Crippen LogP contribution < -0.4 is 10.6 Å². The number of carbonyl (C=O) groups excluding carboxylic acids is 2. The standard InChI is InChI=1S/C19H26N2O4/c1-13(20-18(23)15-10-6-3-7-11-15)12-16(22)21-17(19(24)25)14-8-4-2-5-9-14/h2,4-5,8-9,13,15,17H,3,6-7,10-12H2,1H3,(H,20,23)(H,21,22)(H,24,25)/t13?,17-/m1/s1. The lowest BCUT2D eigenvalue weighted by Gasteiger charge is -2.23. The van der Waals surface area contributed by atoms with Crippen LogP contribution in [0.3, 0.4) is 0 Å². The van der Waals surface area contributed by atoms with E-state index in [0.29, 0.717) is 5.56 Å². The van der Waals surface area contributed by atoms with Crippen molar-refractivity contribution in [1.29, 1.82) is 0 Å². The fourth-order valence-corrected chi connectivity index (χ4v) is 3.21. The Morgan fingerprint density at radius 3 is 2.32 bits per heavy atom. The molecule has 1 aliphatic carbocycles. The van der Waals surface area contributed by atoms with E-state index >= 15 is 0 Å². The van der Waals surface area contributed by atoms with Gasteiger partial charge < -0.3 is 15.7 Å². The highest BCUT2D eigenvalue weighted by molar-refractivity contribution is 5.85. The number of nitrogens with one attached hydrogen (secondary N) is 2. The van der Waals surface area contributed by atoms with Crippen LogP contribution in [0.1, 0.15) is 57.1 Å². The maximum atomic E-state index is 12.2. The molecule has 0 heterocycles. The lowest BCUT2D eigenvalue weighted by atomic mass is 9.88. The number of rotatable bonds is 7. The Hall–Kier alpha value is -2.37. The molecule has 0 bridgehead atoms. The number of hydrogen-bond donors (Lipinski definition) is 3. The van der Waals surface area contributed by atoms with Crippen molar-refractivity contribution >= 4 is 17.8 Å². The largest absolute Gasteiger partial charge is 0.479 e. The Balaban J connectivity index is 1.85. The lowest BCUT2D eigenvalue weighted by molar-refractivity contribution is -0.142. The van der Waals surface area contributed by atoms with Gasteiger partial charge in [-0.15, -0.1) is 0 Å². The molecule has 2 amide bonds. The van der Waals surface area contributed by atoms with Crippen LogP contribution in [0, 0.1) is 5.92 Å². The summed E-state index contributed by atoms with van der Waals surface area (Å²) in [5.74, 6) is -1.47. The van der Waals surface area contributed by atoms with Crippen molar-refractivity contribution in [2.75, 3.05) is 0 Å². The highest BCUT2D eigenvalue weighted by Gasteiger charge is 2.25. The van der Waals surface area contributed by atoms with Crippen molar-refractivity contribution in [3.05, 3.63) is 35.9 Å². The number of hydrogen-bond acceptors (Lipinski definition) is 3. The van der Waals surface area contributed by atoms with E-state index in [1.165, 1.54) is 6.42 Å². The summed E-state index contributed by atoms with van der Waals surface area (Å²) in [6, 6.07) is 7.14. The van der Waals surface area contributed by atoms with Gasteiger partial charge in [0.25, 0.3) is 0 Å². The molecule has 0 aromatic heterocycles. The monoisotopic (exact) mass is 346 g/mol. The van der Waals surface area contributed by atoms with E-state index in [-0.39, 0.29) is 24.3 Å². The topological polar surface area (TPSA) is 95.5 Å². The molecule has 25 heavy (non-hydrogen) atoms. The molecule has 1 saturated carbocycles. The number of carbonyl (C=O) groups is 3. The van der Waals surface area contributed by atoms with Gasteiger partial charge in [0.05, 0.1) is 0 Å². The molecule has 2 rings (SSSR count). The minimum atomic E-state index is -1.11. The quantitative estimate of drug-likeness (QED) is 0.706. The van der Waals surface area contributed by atoms with Crippen LogP contribution in [-0.4, -0.2) is 28.9 Å². The Morgan fingerprint density at radius 1 is 1.08 bits per heavy atom. The number of amides is 2. The molecule has 136 valence electrons. The first kappa shape index (κ1) is 19.0. The lowest BCUT2D eigenvalue weighted by Crippen LogP contribution is -2.42. The zero-order chi connectivity index (χ0) is 18.2. The van der Waals surface area contributed by atoms with Crippen LogP contribution in [0.5, 0.6) is 0 Å². The normalized spacial score (nSPS) is 17.3. The van der Waals surface area contributed by atoms with Gasteiger partial charge in [-0.05, 0) is 25.3 Å². The van der Waals surface area contributed by atoms with Crippen LogP contribution >= 0.6 is 0 Å². The molecular weight excluding hydrogens is 320 g/mol. The van der Waals surface area contributed by atoms with E-state index in [1.54, 1.807) is 37.3 Å². The Bertz CT molecular complexity index is 597. The summed E-state index contributed by atoms with van der Waals surface area (Å²) in [5, 5.41) is 14.7. The van der Waals surface area contributed by atoms with Crippen LogP contribution in [0.4, 0.5) is 0 Å². The van der Waals surface area contributed by atoms with Gasteiger partial charge in [0.2, 0.25) is 11.8 Å². The molecule has 0 spiro atoms. The Kier molecular flexibility index (Phi) is 6.98. The molecule has 0 aliphatic heterocycles. The summed E-state index contributed by atoms with van der Waals surface area (Å²) >= 11 is 0. The minimum absolute atomic E-state index is 0.00200. The van der Waals surface area contributed by atoms with E-state index in [0.717, 1.165) is 25.7 Å². The highest BCUT2D eigenvalue weighted by Crippen LogP contribution is 2.23. The van der Waals surface area contributed by atoms with Crippen LogP contribution in [0.2, 0.25) is 0 Å². The Labute approximate surface area is 148 Å². The molecule has 0 saturated heterocycles. The first-order chi connectivity index (χ1) is 12.0. The second kappa shape index (κ2) is 9.20. The van der Waals surface area contributed by atoms with E-state index < -0.39 is 17.9 Å². The van der Waals surface area contributed by atoms with Crippen molar-refractivity contribution in [2.24, 2.45) is 5.92 Å². The first-order valence-corrected chi connectivity index (χ1v) is 8.85. The predicted molar refractivity (Wildman–Crippen MR) is 93.8 cm³/mol. The van der Waals surface area contributed by atoms with E-state index in [2.05, 4.69) is 10.6 Å². The maximum Gasteiger partial charge on any atom is 0.330 e. The Morgan fingerprint density at radius 2 is 1.72 bits per heavy atom. The van der Waals surface area contributed by atoms with Crippen LogP contribution in [0.15, 0.2) is 30.3 Å². The second-order valence-corrected chi connectivity index (χ2v) is 6.70. The average molecular weight is 346 g/mol. The van der Waals surface area contributed by atoms with Gasteiger partial charge in [-0.2, -0.15) is 0 Å². The first-order valence-electron chi connectivity index (χ1n) is 8.85. The number of carboxylic acids is 1. The minimum Gasteiger partial charge on any atom is -0.479 e. The van der Waals surface area contributed by atoms with E-state index in [1.807, 2.05) is 0 Å². The fourth-order valence-electron chi connectivity index (χ4n) is 3.21. The summed E-state index contributed by atoms with van der Waals surface area (Å²) in [7, 11) is 0. The molecule has 1 fully saturated rings. The van der Waals surface area contributed by atoms with Gasteiger partial charge in [0.15, 0.2) is 6.04 Å². The SMILES string of the molecule is CC(CC(=O)N[C@@H](C(=O)O)c1ccccc1)NC(=O)C1CCCCC1. The molecule has 1 aromatic carbocycles. The molecule has 0 radical (unpaired) electrons. The van der Waals surface area contributed by atoms with Gasteiger partial charge in [0, 0.05) is 18.4 Å². The van der Waals surface area contributed by atoms with Gasteiger partial charge in [-0.1, -0.05) is 49.6 Å². The number of carboxylic acid groups (broad SMARTS) is 1. The fraction of sp³-hybridized carbons (Fsp3) is 0.526. The summed E-state index contributed by atoms with van der Waals surface area (Å²) in [4.78, 5) is 35.8. The third-order valence-electron chi connectivity index (χ3n) is 4.54. The summed E-state index contributed by atoms with van der Waals surface area (Å²) in [6.07, 6.45) is 5.18. The second-order valence-electron chi connectivity index (χ2n) is 6.70. The third kappa shape index (κ3) is 5.89. The molecule has 1 unspecified atom stereocenters. The van der Waals surface area contributed by atoms with Crippen molar-refractivity contribution in [3.63, 3.8) is 0 Å². The number of benzene rings is 1. The van der Waals surface area contributed by atoms with E-state index in [9.17, 15) is 19.5 Å². The number of aliphatic carboxylic acids is 1. The summed E-state index contributed by atoms with van der Waals surface area (Å²) in [6.45, 7) is 1.76. The molecule has 1 aromatic rings. The van der Waals surface area contributed by atoms with Gasteiger partial charge >= 0.3 is 5.97 Å². The molecule has 6 heteroatoms. The summed E-state index contributed by atoms with van der Waals surface area (Å²) in [5.41, 5.74) is 0.516. The van der Waals surface area contributed by atoms with E-state index in [4.69, 9.17) is 0 Å². The average Bonchev–Trinajstić information content (AvgIpc) is 2.60. The van der Waals surface area contributed by atoms with Crippen molar-refractivity contribution in [1.82, 2.24) is 10.6 Å². The zero-order valence-corrected chi connectivity index (χ0v) is 14.5. The molecule has 6 nitrogen and oxygen atoms in total. The van der Waals surface area contributed by atoms with Crippen LogP contribution in [0.25, 0.3) is 0 Å². The van der Waals surface area contributed by atoms with Crippen molar-refractivity contribution in [2.45, 2.75) is 57.5 Å².